The van der Waals surface area contributed by atoms with Crippen LogP contribution < -0.4 is 15.0 Å². The zero-order chi connectivity index (χ0) is 23.6. The fourth-order valence-corrected chi connectivity index (χ4v) is 5.59. The largest absolute Gasteiger partial charge is 0.482 e. The van der Waals surface area contributed by atoms with Crippen molar-refractivity contribution >= 4 is 33.2 Å². The number of aryl methyl sites for hydroxylation is 1. The summed E-state index contributed by atoms with van der Waals surface area (Å²) in [4.78, 5) is 26.5. The van der Waals surface area contributed by atoms with Gasteiger partial charge in [0.15, 0.2) is 6.61 Å². The van der Waals surface area contributed by atoms with Crippen molar-refractivity contribution in [2.24, 2.45) is 0 Å². The number of carbonyl (C=O) groups excluding carboxylic acids is 2. The van der Waals surface area contributed by atoms with Gasteiger partial charge in [0.05, 0.1) is 10.6 Å². The third-order valence-electron chi connectivity index (χ3n) is 5.84. The molecule has 4 rings (SSSR count). The van der Waals surface area contributed by atoms with E-state index in [9.17, 15) is 22.4 Å². The molecule has 10 heteroatoms. The number of nitrogens with zero attached hydrogens (tertiary/aromatic N) is 2. The second kappa shape index (κ2) is 9.48. The third kappa shape index (κ3) is 5.01. The third-order valence-corrected chi connectivity index (χ3v) is 7.74. The molecule has 1 N–H and O–H groups in total. The molecule has 0 aromatic heterocycles. The topological polar surface area (TPSA) is 96.0 Å². The Bertz CT molecular complexity index is 1180. The molecule has 0 unspecified atom stereocenters. The quantitative estimate of drug-likeness (QED) is 0.717. The van der Waals surface area contributed by atoms with Crippen LogP contribution in [0.3, 0.4) is 0 Å². The highest BCUT2D eigenvalue weighted by Crippen LogP contribution is 2.35. The molecule has 1 fully saturated rings. The maximum absolute atomic E-state index is 13.3. The SMILES string of the molecule is Cc1cc(F)ccc1NC(=O)CN1C(=O)COc2ccc(S(=O)(=O)N3CCCCCC3)cc21. The molecule has 176 valence electrons. The summed E-state index contributed by atoms with van der Waals surface area (Å²) in [5.41, 5.74) is 1.20. The van der Waals surface area contributed by atoms with Gasteiger partial charge < -0.3 is 10.1 Å². The molecular weight excluding hydrogens is 449 g/mol. The minimum atomic E-state index is -3.74. The zero-order valence-corrected chi connectivity index (χ0v) is 19.2. The highest BCUT2D eigenvalue weighted by atomic mass is 32.2. The number of anilines is 2. The molecule has 2 aliphatic heterocycles. The Morgan fingerprint density at radius 1 is 1.09 bits per heavy atom. The van der Waals surface area contributed by atoms with Crippen molar-refractivity contribution < 1.29 is 27.1 Å². The Morgan fingerprint density at radius 2 is 1.82 bits per heavy atom. The van der Waals surface area contributed by atoms with Crippen molar-refractivity contribution in [2.45, 2.75) is 37.5 Å². The lowest BCUT2D eigenvalue weighted by Crippen LogP contribution is -2.43. The first-order valence-electron chi connectivity index (χ1n) is 10.9. The summed E-state index contributed by atoms with van der Waals surface area (Å²) in [5, 5.41) is 2.67. The molecular formula is C23H26FN3O5S. The van der Waals surface area contributed by atoms with Crippen molar-refractivity contribution in [1.29, 1.82) is 0 Å². The summed E-state index contributed by atoms with van der Waals surface area (Å²) >= 11 is 0. The van der Waals surface area contributed by atoms with Gasteiger partial charge in [0.1, 0.15) is 18.1 Å². The lowest BCUT2D eigenvalue weighted by atomic mass is 10.2. The van der Waals surface area contributed by atoms with Gasteiger partial charge in [0.2, 0.25) is 15.9 Å². The summed E-state index contributed by atoms with van der Waals surface area (Å²) in [5.74, 6) is -1.04. The van der Waals surface area contributed by atoms with Crippen LogP contribution in [-0.4, -0.2) is 50.8 Å². The number of hydrogen-bond acceptors (Lipinski definition) is 5. The zero-order valence-electron chi connectivity index (χ0n) is 18.3. The van der Waals surface area contributed by atoms with Crippen LogP contribution in [0.5, 0.6) is 5.75 Å². The second-order valence-corrected chi connectivity index (χ2v) is 10.2. The highest BCUT2D eigenvalue weighted by molar-refractivity contribution is 7.89. The summed E-state index contributed by atoms with van der Waals surface area (Å²) in [6.45, 7) is 1.98. The number of nitrogens with one attached hydrogen (secondary N) is 1. The van der Waals surface area contributed by atoms with Gasteiger partial charge in [-0.15, -0.1) is 0 Å². The smallest absolute Gasteiger partial charge is 0.265 e. The van der Waals surface area contributed by atoms with E-state index in [0.717, 1.165) is 25.7 Å². The van der Waals surface area contributed by atoms with Crippen molar-refractivity contribution in [3.8, 4) is 5.75 Å². The van der Waals surface area contributed by atoms with E-state index in [4.69, 9.17) is 4.74 Å². The molecule has 0 radical (unpaired) electrons. The first-order chi connectivity index (χ1) is 15.8. The Labute approximate surface area is 192 Å². The molecule has 2 aromatic rings. The van der Waals surface area contributed by atoms with E-state index in [1.807, 2.05) is 0 Å². The highest BCUT2D eigenvalue weighted by Gasteiger charge is 2.31. The number of sulfonamides is 1. The van der Waals surface area contributed by atoms with E-state index in [1.165, 1.54) is 45.6 Å². The minimum Gasteiger partial charge on any atom is -0.482 e. The van der Waals surface area contributed by atoms with Crippen molar-refractivity contribution in [3.63, 3.8) is 0 Å². The van der Waals surface area contributed by atoms with Crippen LogP contribution in [0.25, 0.3) is 0 Å². The summed E-state index contributed by atoms with van der Waals surface area (Å²) < 4.78 is 46.7. The molecule has 0 saturated carbocycles. The van der Waals surface area contributed by atoms with Crippen LogP contribution in [-0.2, 0) is 19.6 Å². The standard InChI is InChI=1S/C23H26FN3O5S/c1-16-12-17(24)6-8-19(16)25-22(28)14-27-20-13-18(7-9-21(20)32-15-23(27)29)33(30,31)26-10-4-2-3-5-11-26/h6-9,12-13H,2-5,10-11,14-15H2,1H3,(H,25,28). The van der Waals surface area contributed by atoms with Crippen molar-refractivity contribution in [2.75, 3.05) is 36.5 Å². The van der Waals surface area contributed by atoms with E-state index in [-0.39, 0.29) is 23.7 Å². The Balaban J connectivity index is 1.58. The van der Waals surface area contributed by atoms with Crippen LogP contribution in [0.2, 0.25) is 0 Å². The molecule has 0 atom stereocenters. The number of amides is 2. The Hall–Kier alpha value is -2.98. The fraction of sp³-hybridized carbons (Fsp3) is 0.391. The number of carbonyl (C=O) groups is 2. The molecule has 2 aromatic carbocycles. The van der Waals surface area contributed by atoms with Crippen LogP contribution in [0.4, 0.5) is 15.8 Å². The summed E-state index contributed by atoms with van der Waals surface area (Å²) in [7, 11) is -3.74. The normalized spacial score (nSPS) is 17.2. The second-order valence-electron chi connectivity index (χ2n) is 8.22. The van der Waals surface area contributed by atoms with Crippen LogP contribution in [0, 0.1) is 12.7 Å². The predicted molar refractivity (Wildman–Crippen MR) is 121 cm³/mol. The van der Waals surface area contributed by atoms with Gasteiger partial charge in [-0.05, 0) is 61.7 Å². The van der Waals surface area contributed by atoms with Gasteiger partial charge in [-0.25, -0.2) is 12.8 Å². The number of rotatable bonds is 5. The van der Waals surface area contributed by atoms with Crippen LogP contribution >= 0.6 is 0 Å². The maximum atomic E-state index is 13.3. The summed E-state index contributed by atoms with van der Waals surface area (Å²) in [6.07, 6.45) is 3.60. The number of benzene rings is 2. The number of halogens is 1. The van der Waals surface area contributed by atoms with E-state index in [1.54, 1.807) is 6.92 Å². The number of fused-ring (bicyclic) bond motifs is 1. The molecule has 2 amide bonds. The van der Waals surface area contributed by atoms with Gasteiger partial charge in [-0.2, -0.15) is 4.31 Å². The number of hydrogen-bond donors (Lipinski definition) is 1. The molecule has 2 heterocycles. The molecule has 1 saturated heterocycles. The molecule has 0 spiro atoms. The Kier molecular flexibility index (Phi) is 6.66. The predicted octanol–water partition coefficient (Wildman–Crippen LogP) is 3.06. The van der Waals surface area contributed by atoms with E-state index in [2.05, 4.69) is 5.32 Å². The minimum absolute atomic E-state index is 0.0567. The van der Waals surface area contributed by atoms with Crippen molar-refractivity contribution in [1.82, 2.24) is 4.31 Å². The fourth-order valence-electron chi connectivity index (χ4n) is 4.05. The lowest BCUT2D eigenvalue weighted by molar-refractivity contribution is -0.123. The van der Waals surface area contributed by atoms with Gasteiger partial charge in [-0.1, -0.05) is 12.8 Å². The van der Waals surface area contributed by atoms with Gasteiger partial charge in [-0.3, -0.25) is 14.5 Å². The van der Waals surface area contributed by atoms with E-state index < -0.39 is 27.7 Å². The van der Waals surface area contributed by atoms with E-state index in [0.29, 0.717) is 30.1 Å². The Morgan fingerprint density at radius 3 is 2.52 bits per heavy atom. The van der Waals surface area contributed by atoms with Crippen LogP contribution in [0.1, 0.15) is 31.2 Å². The van der Waals surface area contributed by atoms with Gasteiger partial charge in [0, 0.05) is 18.8 Å². The molecule has 0 bridgehead atoms. The monoisotopic (exact) mass is 475 g/mol. The lowest BCUT2D eigenvalue weighted by Gasteiger charge is -2.30. The average Bonchev–Trinajstić information content (AvgIpc) is 3.08. The molecule has 8 nitrogen and oxygen atoms in total. The maximum Gasteiger partial charge on any atom is 0.265 e. The summed E-state index contributed by atoms with van der Waals surface area (Å²) in [6, 6.07) is 8.35. The first-order valence-corrected chi connectivity index (χ1v) is 12.3. The molecule has 0 aliphatic carbocycles. The number of ether oxygens (including phenoxy) is 1. The molecule has 2 aliphatic rings. The first kappa shape index (κ1) is 23.2. The molecule has 33 heavy (non-hydrogen) atoms. The average molecular weight is 476 g/mol. The van der Waals surface area contributed by atoms with Gasteiger partial charge in [0.25, 0.3) is 5.91 Å². The van der Waals surface area contributed by atoms with Crippen LogP contribution in [0.15, 0.2) is 41.3 Å². The van der Waals surface area contributed by atoms with Gasteiger partial charge >= 0.3 is 0 Å². The van der Waals surface area contributed by atoms with E-state index >= 15 is 0 Å². The van der Waals surface area contributed by atoms with Crippen molar-refractivity contribution in [3.05, 3.63) is 47.8 Å².